The molecule has 2 aromatic rings. The van der Waals surface area contributed by atoms with E-state index >= 15 is 0 Å². The fourth-order valence-electron chi connectivity index (χ4n) is 5.13. The van der Waals surface area contributed by atoms with Gasteiger partial charge in [0.2, 0.25) is 5.91 Å². The minimum atomic E-state index is -0.477. The van der Waals surface area contributed by atoms with Crippen LogP contribution in [0, 0.1) is 24.2 Å². The van der Waals surface area contributed by atoms with Crippen molar-refractivity contribution in [3.63, 3.8) is 0 Å². The van der Waals surface area contributed by atoms with Gasteiger partial charge in [-0.3, -0.25) is 14.4 Å². The number of carbonyl (C=O) groups is 2. The average molecular weight is 507 g/mol. The van der Waals surface area contributed by atoms with E-state index in [-0.39, 0.29) is 17.2 Å². The Bertz CT molecular complexity index is 1310. The molecule has 7 nitrogen and oxygen atoms in total. The number of nitrogens with zero attached hydrogens (tertiary/aromatic N) is 3. The van der Waals surface area contributed by atoms with Gasteiger partial charge >= 0.3 is 0 Å². The minimum Gasteiger partial charge on any atom is -0.342 e. The quantitative estimate of drug-likeness (QED) is 0.606. The Morgan fingerprint density at radius 1 is 1.17 bits per heavy atom. The Labute approximate surface area is 216 Å². The van der Waals surface area contributed by atoms with Crippen molar-refractivity contribution in [2.45, 2.75) is 58.9 Å². The van der Waals surface area contributed by atoms with E-state index in [9.17, 15) is 19.6 Å². The molecular weight excluding hydrogens is 476 g/mol. The summed E-state index contributed by atoms with van der Waals surface area (Å²) in [4.78, 5) is 40.0. The zero-order valence-electron chi connectivity index (χ0n) is 20.8. The van der Waals surface area contributed by atoms with Crippen molar-refractivity contribution in [2.24, 2.45) is 5.92 Å². The highest BCUT2D eigenvalue weighted by Crippen LogP contribution is 2.31. The Hall–Kier alpha value is -3.37. The third-order valence-electron chi connectivity index (χ3n) is 7.26. The number of piperidine rings is 1. The highest BCUT2D eigenvalue weighted by molar-refractivity contribution is 6.31. The van der Waals surface area contributed by atoms with Crippen molar-refractivity contribution in [3.8, 4) is 6.07 Å². The molecule has 0 atom stereocenters. The molecule has 8 heteroatoms. The number of nitriles is 1. The molecule has 1 aliphatic heterocycles. The Morgan fingerprint density at radius 2 is 1.86 bits per heavy atom. The zero-order valence-corrected chi connectivity index (χ0v) is 21.5. The van der Waals surface area contributed by atoms with Crippen LogP contribution in [0.4, 0.5) is 5.69 Å². The number of carbonyl (C=O) groups excluding carboxylic acids is 2. The molecule has 1 saturated heterocycles. The van der Waals surface area contributed by atoms with E-state index < -0.39 is 11.5 Å². The van der Waals surface area contributed by atoms with Gasteiger partial charge in [-0.2, -0.15) is 5.26 Å². The molecule has 36 heavy (non-hydrogen) atoms. The van der Waals surface area contributed by atoms with Crippen LogP contribution in [-0.2, 0) is 11.3 Å². The summed E-state index contributed by atoms with van der Waals surface area (Å²) in [5.74, 6) is 0.0341. The van der Waals surface area contributed by atoms with E-state index in [0.29, 0.717) is 23.2 Å². The van der Waals surface area contributed by atoms with Crippen LogP contribution < -0.4 is 10.9 Å². The molecule has 0 radical (unpaired) electrons. The van der Waals surface area contributed by atoms with Gasteiger partial charge in [0.25, 0.3) is 11.5 Å². The van der Waals surface area contributed by atoms with Gasteiger partial charge in [-0.15, -0.1) is 0 Å². The monoisotopic (exact) mass is 506 g/mol. The summed E-state index contributed by atoms with van der Waals surface area (Å²) < 4.78 is 1.32. The number of likely N-dealkylation sites (tertiary alicyclic amines) is 1. The molecule has 2 fully saturated rings. The molecule has 0 bridgehead atoms. The summed E-state index contributed by atoms with van der Waals surface area (Å²) >= 11 is 6.39. The fourth-order valence-corrected chi connectivity index (χ4v) is 5.36. The Morgan fingerprint density at radius 3 is 2.50 bits per heavy atom. The summed E-state index contributed by atoms with van der Waals surface area (Å²) in [6, 6.07) is 8.18. The number of benzene rings is 1. The first kappa shape index (κ1) is 25.7. The van der Waals surface area contributed by atoms with Crippen molar-refractivity contribution in [1.29, 1.82) is 5.26 Å². The number of amides is 2. The molecular formula is C28H31ClN4O3. The van der Waals surface area contributed by atoms with Crippen molar-refractivity contribution in [3.05, 3.63) is 67.6 Å². The van der Waals surface area contributed by atoms with Gasteiger partial charge < -0.3 is 14.8 Å². The van der Waals surface area contributed by atoms with Gasteiger partial charge in [0.05, 0.1) is 0 Å². The fraction of sp³-hybridized carbons (Fsp3) is 0.429. The van der Waals surface area contributed by atoms with Crippen LogP contribution in [0.1, 0.15) is 72.6 Å². The van der Waals surface area contributed by atoms with Crippen molar-refractivity contribution >= 4 is 35.2 Å². The number of hydrogen-bond acceptors (Lipinski definition) is 4. The number of hydrogen-bond donors (Lipinski definition) is 1. The summed E-state index contributed by atoms with van der Waals surface area (Å²) in [6.07, 6.45) is 8.08. The van der Waals surface area contributed by atoms with Gasteiger partial charge in [-0.1, -0.05) is 36.1 Å². The van der Waals surface area contributed by atoms with E-state index in [1.54, 1.807) is 13.0 Å². The van der Waals surface area contributed by atoms with E-state index in [1.807, 2.05) is 24.0 Å². The van der Waals surface area contributed by atoms with Crippen LogP contribution in [0.2, 0.25) is 5.02 Å². The first-order valence-electron chi connectivity index (χ1n) is 12.6. The number of halogens is 1. The number of anilines is 1. The highest BCUT2D eigenvalue weighted by atomic mass is 35.5. The lowest BCUT2D eigenvalue weighted by atomic mass is 9.96. The van der Waals surface area contributed by atoms with Gasteiger partial charge in [-0.25, -0.2) is 0 Å². The second-order valence-electron chi connectivity index (χ2n) is 9.55. The Kier molecular flexibility index (Phi) is 7.95. The number of aromatic nitrogens is 1. The summed E-state index contributed by atoms with van der Waals surface area (Å²) in [5.41, 5.74) is 3.42. The second kappa shape index (κ2) is 11.1. The summed E-state index contributed by atoms with van der Waals surface area (Å²) in [7, 11) is 0. The van der Waals surface area contributed by atoms with E-state index in [4.69, 9.17) is 11.6 Å². The lowest BCUT2D eigenvalue weighted by Crippen LogP contribution is -2.39. The first-order chi connectivity index (χ1) is 17.3. The first-order valence-corrected chi connectivity index (χ1v) is 12.9. The third-order valence-corrected chi connectivity index (χ3v) is 7.48. The van der Waals surface area contributed by atoms with Gasteiger partial charge in [0.1, 0.15) is 11.8 Å². The molecule has 188 valence electrons. The van der Waals surface area contributed by atoms with Crippen LogP contribution in [0.5, 0.6) is 0 Å². The zero-order chi connectivity index (χ0) is 25.8. The highest BCUT2D eigenvalue weighted by Gasteiger charge is 2.28. The molecule has 2 aliphatic rings. The van der Waals surface area contributed by atoms with Crippen LogP contribution in [0.25, 0.3) is 6.08 Å². The molecule has 1 aliphatic carbocycles. The van der Waals surface area contributed by atoms with Crippen molar-refractivity contribution in [1.82, 2.24) is 9.47 Å². The average Bonchev–Trinajstić information content (AvgIpc) is 3.41. The molecule has 2 amide bonds. The standard InChI is InChI=1S/C28H31ClN4O3/c1-3-33-24(17-30)14-22(15-26(33)34)27(35)31-25-16-23(29)13-21(18(25)2)12-19-8-10-32(11-9-19)28(36)20-6-4-5-7-20/h12-16,20H,3-11H2,1-2H3,(H,31,35). The van der Waals surface area contributed by atoms with Gasteiger partial charge in [0, 0.05) is 47.9 Å². The van der Waals surface area contributed by atoms with Crippen molar-refractivity contribution in [2.75, 3.05) is 18.4 Å². The molecule has 1 saturated carbocycles. The lowest BCUT2D eigenvalue weighted by Gasteiger charge is -2.30. The number of rotatable bonds is 5. The number of nitrogens with one attached hydrogen (secondary N) is 1. The van der Waals surface area contributed by atoms with Crippen molar-refractivity contribution < 1.29 is 9.59 Å². The third kappa shape index (κ3) is 5.55. The largest absolute Gasteiger partial charge is 0.342 e. The van der Waals surface area contributed by atoms with Crippen LogP contribution in [0.15, 0.2) is 34.6 Å². The van der Waals surface area contributed by atoms with Crippen LogP contribution >= 0.6 is 11.6 Å². The Balaban J connectivity index is 1.50. The predicted octanol–water partition coefficient (Wildman–Crippen LogP) is 5.15. The second-order valence-corrected chi connectivity index (χ2v) is 9.99. The summed E-state index contributed by atoms with van der Waals surface area (Å²) in [5, 5.41) is 12.7. The predicted molar refractivity (Wildman–Crippen MR) is 141 cm³/mol. The molecule has 0 spiro atoms. The molecule has 0 unspecified atom stereocenters. The van der Waals surface area contributed by atoms with Crippen LogP contribution in [0.3, 0.4) is 0 Å². The smallest absolute Gasteiger partial charge is 0.255 e. The maximum absolute atomic E-state index is 12.9. The van der Waals surface area contributed by atoms with E-state index in [2.05, 4.69) is 11.4 Å². The van der Waals surface area contributed by atoms with Gasteiger partial charge in [0.15, 0.2) is 0 Å². The molecule has 1 aromatic heterocycles. The molecule has 2 heterocycles. The molecule has 4 rings (SSSR count). The SMILES string of the molecule is CCn1c(C#N)cc(C(=O)Nc2cc(Cl)cc(C=C3CCN(C(=O)C4CCCC4)CC3)c2C)cc1=O. The molecule has 1 N–H and O–H groups in total. The summed E-state index contributed by atoms with van der Waals surface area (Å²) in [6.45, 7) is 5.49. The molecule has 1 aromatic carbocycles. The minimum absolute atomic E-state index is 0.125. The normalized spacial score (nSPS) is 16.1. The maximum atomic E-state index is 12.9. The van der Waals surface area contributed by atoms with E-state index in [1.165, 1.54) is 22.3 Å². The number of pyridine rings is 1. The topological polar surface area (TPSA) is 95.2 Å². The van der Waals surface area contributed by atoms with Crippen LogP contribution in [-0.4, -0.2) is 34.4 Å². The lowest BCUT2D eigenvalue weighted by molar-refractivity contribution is -0.135. The van der Waals surface area contributed by atoms with E-state index in [0.717, 1.165) is 62.7 Å². The maximum Gasteiger partial charge on any atom is 0.255 e. The van der Waals surface area contributed by atoms with Gasteiger partial charge in [-0.05, 0) is 68.9 Å².